The monoisotopic (exact) mass is 426 g/mol. The summed E-state index contributed by atoms with van der Waals surface area (Å²) in [5.41, 5.74) is 1.43. The molecule has 156 valence electrons. The number of anilines is 1. The number of nitrogens with zero attached hydrogens (tertiary/aromatic N) is 2. The van der Waals surface area contributed by atoms with E-state index < -0.39 is 22.4 Å². The number of aryl methyl sites for hydroxylation is 1. The summed E-state index contributed by atoms with van der Waals surface area (Å²) in [4.78, 5) is 16.9. The summed E-state index contributed by atoms with van der Waals surface area (Å²) >= 11 is 0. The standard InChI is InChI=1S/C22H22N2O5S/c1-16-6-9-19(10-7-16)30(26,27)24(15-21(25)17-5-4-12-23-14-17)20-13-18(28-2)8-11-22(20)29-3/h4-14H,15H2,1-3H3. The lowest BCUT2D eigenvalue weighted by Crippen LogP contribution is -2.36. The Kier molecular flexibility index (Phi) is 6.37. The van der Waals surface area contributed by atoms with Gasteiger partial charge >= 0.3 is 0 Å². The Balaban J connectivity index is 2.14. The molecule has 0 N–H and O–H groups in total. The molecule has 0 fully saturated rings. The van der Waals surface area contributed by atoms with Gasteiger partial charge in [-0.15, -0.1) is 0 Å². The van der Waals surface area contributed by atoms with Gasteiger partial charge in [0, 0.05) is 24.0 Å². The normalized spacial score (nSPS) is 11.0. The zero-order valence-corrected chi connectivity index (χ0v) is 17.7. The third-order valence-electron chi connectivity index (χ3n) is 4.53. The number of hydrogen-bond acceptors (Lipinski definition) is 6. The SMILES string of the molecule is COc1ccc(OC)c(N(CC(=O)c2cccnc2)S(=O)(=O)c2ccc(C)cc2)c1. The molecule has 30 heavy (non-hydrogen) atoms. The first-order valence-electron chi connectivity index (χ1n) is 9.11. The van der Waals surface area contributed by atoms with E-state index in [0.29, 0.717) is 17.1 Å². The van der Waals surface area contributed by atoms with Crippen LogP contribution in [0.15, 0.2) is 71.9 Å². The van der Waals surface area contributed by atoms with E-state index in [-0.39, 0.29) is 10.6 Å². The molecule has 0 saturated heterocycles. The van der Waals surface area contributed by atoms with Crippen molar-refractivity contribution < 1.29 is 22.7 Å². The molecule has 8 heteroatoms. The lowest BCUT2D eigenvalue weighted by molar-refractivity contribution is 0.100. The van der Waals surface area contributed by atoms with Gasteiger partial charge in [0.15, 0.2) is 5.78 Å². The first-order chi connectivity index (χ1) is 14.4. The number of benzene rings is 2. The molecule has 0 aliphatic carbocycles. The summed E-state index contributed by atoms with van der Waals surface area (Å²) < 4.78 is 38.8. The molecule has 0 atom stereocenters. The van der Waals surface area contributed by atoms with Crippen molar-refractivity contribution in [2.24, 2.45) is 0 Å². The number of methoxy groups -OCH3 is 2. The molecule has 7 nitrogen and oxygen atoms in total. The Morgan fingerprint density at radius 2 is 1.77 bits per heavy atom. The molecule has 3 rings (SSSR count). The number of pyridine rings is 1. The quantitative estimate of drug-likeness (QED) is 0.513. The van der Waals surface area contributed by atoms with E-state index in [0.717, 1.165) is 9.87 Å². The van der Waals surface area contributed by atoms with Gasteiger partial charge in [-0.25, -0.2) is 8.42 Å². The fourth-order valence-electron chi connectivity index (χ4n) is 2.88. The average Bonchev–Trinajstić information content (AvgIpc) is 2.77. The molecule has 3 aromatic rings. The van der Waals surface area contributed by atoms with Crippen LogP contribution in [0, 0.1) is 6.92 Å². The van der Waals surface area contributed by atoms with Crippen LogP contribution in [0.25, 0.3) is 0 Å². The molecule has 1 heterocycles. The van der Waals surface area contributed by atoms with Gasteiger partial charge in [-0.05, 0) is 43.3 Å². The summed E-state index contributed by atoms with van der Waals surface area (Å²) in [7, 11) is -1.16. The molecule has 0 aliphatic rings. The first kappa shape index (κ1) is 21.3. The van der Waals surface area contributed by atoms with E-state index in [2.05, 4.69) is 4.98 Å². The number of hydrogen-bond donors (Lipinski definition) is 0. The Hall–Kier alpha value is -3.39. The first-order valence-corrected chi connectivity index (χ1v) is 10.6. The Bertz CT molecular complexity index is 1130. The minimum Gasteiger partial charge on any atom is -0.497 e. The van der Waals surface area contributed by atoms with E-state index in [4.69, 9.17) is 9.47 Å². The maximum atomic E-state index is 13.5. The summed E-state index contributed by atoms with van der Waals surface area (Å²) in [5.74, 6) is 0.331. The van der Waals surface area contributed by atoms with Gasteiger partial charge in [-0.1, -0.05) is 17.7 Å². The minimum absolute atomic E-state index is 0.0666. The fraction of sp³-hybridized carbons (Fsp3) is 0.182. The molecular weight excluding hydrogens is 404 g/mol. The van der Waals surface area contributed by atoms with E-state index in [9.17, 15) is 13.2 Å². The fourth-order valence-corrected chi connectivity index (χ4v) is 4.30. The molecule has 0 unspecified atom stereocenters. The van der Waals surface area contributed by atoms with Gasteiger partial charge in [0.2, 0.25) is 0 Å². The van der Waals surface area contributed by atoms with Gasteiger partial charge in [-0.2, -0.15) is 0 Å². The maximum Gasteiger partial charge on any atom is 0.264 e. The van der Waals surface area contributed by atoms with Crippen LogP contribution in [-0.2, 0) is 10.0 Å². The summed E-state index contributed by atoms with van der Waals surface area (Å²) in [6.45, 7) is 1.44. The summed E-state index contributed by atoms with van der Waals surface area (Å²) in [5, 5.41) is 0. The van der Waals surface area contributed by atoms with E-state index >= 15 is 0 Å². The van der Waals surface area contributed by atoms with Crippen LogP contribution in [-0.4, -0.2) is 39.9 Å². The zero-order valence-electron chi connectivity index (χ0n) is 16.9. The average molecular weight is 426 g/mol. The van der Waals surface area contributed by atoms with Crippen LogP contribution in [0.3, 0.4) is 0 Å². The highest BCUT2D eigenvalue weighted by Gasteiger charge is 2.30. The predicted molar refractivity (Wildman–Crippen MR) is 114 cm³/mol. The second kappa shape index (κ2) is 8.96. The summed E-state index contributed by atoms with van der Waals surface area (Å²) in [6.07, 6.45) is 2.95. The molecule has 0 amide bonds. The molecule has 0 radical (unpaired) electrons. The van der Waals surface area contributed by atoms with Crippen LogP contribution in [0.1, 0.15) is 15.9 Å². The third kappa shape index (κ3) is 4.44. The van der Waals surface area contributed by atoms with E-state index in [1.54, 1.807) is 42.6 Å². The van der Waals surface area contributed by atoms with Crippen LogP contribution in [0.2, 0.25) is 0 Å². The van der Waals surface area contributed by atoms with Gasteiger partial charge in [0.25, 0.3) is 10.0 Å². The number of aromatic nitrogens is 1. The van der Waals surface area contributed by atoms with E-state index in [1.165, 1.54) is 38.6 Å². The van der Waals surface area contributed by atoms with Crippen LogP contribution in [0.4, 0.5) is 5.69 Å². The predicted octanol–water partition coefficient (Wildman–Crippen LogP) is 3.49. The molecule has 0 saturated carbocycles. The maximum absolute atomic E-state index is 13.5. The highest BCUT2D eigenvalue weighted by Crippen LogP contribution is 2.35. The van der Waals surface area contributed by atoms with Crippen molar-refractivity contribution >= 4 is 21.5 Å². The second-order valence-corrected chi connectivity index (χ2v) is 8.39. The van der Waals surface area contributed by atoms with Gasteiger partial charge < -0.3 is 9.47 Å². The smallest absolute Gasteiger partial charge is 0.264 e. The highest BCUT2D eigenvalue weighted by molar-refractivity contribution is 7.92. The van der Waals surface area contributed by atoms with Crippen molar-refractivity contribution in [2.45, 2.75) is 11.8 Å². The number of sulfonamides is 1. The molecular formula is C22H22N2O5S. The molecule has 2 aromatic carbocycles. The van der Waals surface area contributed by atoms with Gasteiger partial charge in [0.1, 0.15) is 11.5 Å². The second-order valence-electron chi connectivity index (χ2n) is 6.53. The van der Waals surface area contributed by atoms with Crippen molar-refractivity contribution in [3.8, 4) is 11.5 Å². The third-order valence-corrected chi connectivity index (χ3v) is 6.31. The van der Waals surface area contributed by atoms with Crippen LogP contribution >= 0.6 is 0 Å². The number of Topliss-reactive ketones (excluding diaryl/α,β-unsaturated/α-hetero) is 1. The van der Waals surface area contributed by atoms with Crippen molar-refractivity contribution in [1.29, 1.82) is 0 Å². The number of carbonyl (C=O) groups excluding carboxylic acids is 1. The van der Waals surface area contributed by atoms with Crippen molar-refractivity contribution in [3.05, 3.63) is 78.1 Å². The highest BCUT2D eigenvalue weighted by atomic mass is 32.2. The molecule has 1 aromatic heterocycles. The summed E-state index contributed by atoms with van der Waals surface area (Å²) in [6, 6.07) is 14.4. The Labute approximate surface area is 175 Å². The lowest BCUT2D eigenvalue weighted by Gasteiger charge is -2.26. The van der Waals surface area contributed by atoms with Crippen LogP contribution in [0.5, 0.6) is 11.5 Å². The van der Waals surface area contributed by atoms with E-state index in [1.807, 2.05) is 6.92 Å². The van der Waals surface area contributed by atoms with Crippen LogP contribution < -0.4 is 13.8 Å². The van der Waals surface area contributed by atoms with Gasteiger partial charge in [0.05, 0.1) is 31.3 Å². The number of rotatable bonds is 8. The van der Waals surface area contributed by atoms with Crippen molar-refractivity contribution in [2.75, 3.05) is 25.1 Å². The van der Waals surface area contributed by atoms with Gasteiger partial charge in [-0.3, -0.25) is 14.1 Å². The largest absolute Gasteiger partial charge is 0.497 e. The topological polar surface area (TPSA) is 85.8 Å². The van der Waals surface area contributed by atoms with Crippen molar-refractivity contribution in [3.63, 3.8) is 0 Å². The Morgan fingerprint density at radius 3 is 2.37 bits per heavy atom. The van der Waals surface area contributed by atoms with Crippen molar-refractivity contribution in [1.82, 2.24) is 4.98 Å². The molecule has 0 spiro atoms. The molecule has 0 aliphatic heterocycles. The zero-order chi connectivity index (χ0) is 21.7. The Morgan fingerprint density at radius 1 is 1.03 bits per heavy atom. The lowest BCUT2D eigenvalue weighted by atomic mass is 10.2. The number of ether oxygens (including phenoxy) is 2. The number of carbonyl (C=O) groups is 1. The minimum atomic E-state index is -4.07. The molecule has 0 bridgehead atoms. The number of ketones is 1.